The number of nitrogens with zero attached hydrogens (tertiary/aromatic N) is 2. The van der Waals surface area contributed by atoms with Gasteiger partial charge in [0.2, 0.25) is 11.8 Å². The molecule has 2 atom stereocenters. The van der Waals surface area contributed by atoms with E-state index in [-0.39, 0.29) is 23.7 Å². The van der Waals surface area contributed by atoms with Gasteiger partial charge in [-0.05, 0) is 18.6 Å². The first-order valence-corrected chi connectivity index (χ1v) is 8.18. The van der Waals surface area contributed by atoms with Crippen molar-refractivity contribution in [2.45, 2.75) is 6.42 Å². The Balaban J connectivity index is 1.48. The Bertz CT molecular complexity index is 579. The van der Waals surface area contributed by atoms with Crippen LogP contribution in [0.15, 0.2) is 43.0 Å². The number of amides is 2. The Morgan fingerprint density at radius 1 is 1.13 bits per heavy atom. The molecule has 1 aromatic rings. The molecule has 5 nitrogen and oxygen atoms in total. The van der Waals surface area contributed by atoms with Crippen LogP contribution in [0.4, 0.5) is 5.69 Å². The fourth-order valence-electron chi connectivity index (χ4n) is 3.12. The average Bonchev–Trinajstić information content (AvgIpc) is 3.41. The fraction of sp³-hybridized carbons (Fsp3) is 0.444. The summed E-state index contributed by atoms with van der Waals surface area (Å²) in [5.41, 5.74) is 1.20. The van der Waals surface area contributed by atoms with E-state index in [2.05, 4.69) is 28.9 Å². The summed E-state index contributed by atoms with van der Waals surface area (Å²) < 4.78 is 0. The Labute approximate surface area is 137 Å². The maximum Gasteiger partial charge on any atom is 0.226 e. The number of anilines is 1. The van der Waals surface area contributed by atoms with Gasteiger partial charge in [-0.15, -0.1) is 6.58 Å². The number of benzene rings is 1. The van der Waals surface area contributed by atoms with Crippen LogP contribution >= 0.6 is 0 Å². The van der Waals surface area contributed by atoms with Crippen molar-refractivity contribution in [2.75, 3.05) is 37.6 Å². The molecule has 3 rings (SSSR count). The molecule has 2 aliphatic rings. The molecule has 23 heavy (non-hydrogen) atoms. The molecule has 1 aromatic carbocycles. The first-order chi connectivity index (χ1) is 11.2. The zero-order valence-corrected chi connectivity index (χ0v) is 13.3. The van der Waals surface area contributed by atoms with Gasteiger partial charge in [-0.3, -0.25) is 9.59 Å². The van der Waals surface area contributed by atoms with Crippen molar-refractivity contribution in [1.29, 1.82) is 0 Å². The van der Waals surface area contributed by atoms with Crippen LogP contribution in [0, 0.1) is 11.8 Å². The Kier molecular flexibility index (Phi) is 4.65. The summed E-state index contributed by atoms with van der Waals surface area (Å²) in [5, 5.41) is 2.77. The van der Waals surface area contributed by atoms with Crippen molar-refractivity contribution >= 4 is 17.5 Å². The molecular formula is C18H23N3O2. The van der Waals surface area contributed by atoms with Crippen molar-refractivity contribution in [3.63, 3.8) is 0 Å². The van der Waals surface area contributed by atoms with E-state index in [0.717, 1.165) is 26.2 Å². The molecule has 1 N–H and O–H groups in total. The second-order valence-electron chi connectivity index (χ2n) is 6.13. The highest BCUT2D eigenvalue weighted by Gasteiger charge is 2.49. The SMILES string of the molecule is C=CCNC(=O)C1CC1C(=O)N1CCN(c2ccccc2)CC1. The Morgan fingerprint density at radius 3 is 2.48 bits per heavy atom. The van der Waals surface area contributed by atoms with Gasteiger partial charge in [0.1, 0.15) is 0 Å². The summed E-state index contributed by atoms with van der Waals surface area (Å²) in [7, 11) is 0. The number of nitrogens with one attached hydrogen (secondary N) is 1. The van der Waals surface area contributed by atoms with E-state index in [1.165, 1.54) is 5.69 Å². The third-order valence-corrected chi connectivity index (χ3v) is 4.58. The van der Waals surface area contributed by atoms with Crippen LogP contribution in [-0.2, 0) is 9.59 Å². The minimum Gasteiger partial charge on any atom is -0.368 e. The minimum atomic E-state index is -0.144. The van der Waals surface area contributed by atoms with Crippen LogP contribution in [0.2, 0.25) is 0 Å². The van der Waals surface area contributed by atoms with Crippen LogP contribution < -0.4 is 10.2 Å². The van der Waals surface area contributed by atoms with E-state index in [0.29, 0.717) is 13.0 Å². The van der Waals surface area contributed by atoms with Crippen LogP contribution in [0.1, 0.15) is 6.42 Å². The van der Waals surface area contributed by atoms with Crippen LogP contribution in [-0.4, -0.2) is 49.4 Å². The van der Waals surface area contributed by atoms with Crippen molar-refractivity contribution in [2.24, 2.45) is 11.8 Å². The van der Waals surface area contributed by atoms with Gasteiger partial charge >= 0.3 is 0 Å². The quantitative estimate of drug-likeness (QED) is 0.833. The predicted molar refractivity (Wildman–Crippen MR) is 90.0 cm³/mol. The number of hydrogen-bond donors (Lipinski definition) is 1. The lowest BCUT2D eigenvalue weighted by molar-refractivity contribution is -0.135. The number of rotatable bonds is 5. The van der Waals surface area contributed by atoms with E-state index < -0.39 is 0 Å². The molecule has 1 saturated heterocycles. The lowest BCUT2D eigenvalue weighted by Crippen LogP contribution is -2.49. The largest absolute Gasteiger partial charge is 0.368 e. The minimum absolute atomic E-state index is 0.0221. The molecule has 1 saturated carbocycles. The van der Waals surface area contributed by atoms with Crippen molar-refractivity contribution in [1.82, 2.24) is 10.2 Å². The maximum absolute atomic E-state index is 12.5. The zero-order chi connectivity index (χ0) is 16.2. The average molecular weight is 313 g/mol. The highest BCUT2D eigenvalue weighted by Crippen LogP contribution is 2.40. The maximum atomic E-state index is 12.5. The van der Waals surface area contributed by atoms with Gasteiger partial charge in [0, 0.05) is 38.4 Å². The van der Waals surface area contributed by atoms with Gasteiger partial charge in [-0.2, -0.15) is 0 Å². The van der Waals surface area contributed by atoms with Crippen molar-refractivity contribution in [3.05, 3.63) is 43.0 Å². The van der Waals surface area contributed by atoms with E-state index >= 15 is 0 Å². The molecule has 122 valence electrons. The fourth-order valence-corrected chi connectivity index (χ4v) is 3.12. The molecule has 1 heterocycles. The number of piperazine rings is 1. The molecule has 0 radical (unpaired) electrons. The molecule has 1 aliphatic heterocycles. The summed E-state index contributed by atoms with van der Waals surface area (Å²) >= 11 is 0. The van der Waals surface area contributed by atoms with Crippen molar-refractivity contribution < 1.29 is 9.59 Å². The van der Waals surface area contributed by atoms with Gasteiger partial charge in [0.15, 0.2) is 0 Å². The van der Waals surface area contributed by atoms with E-state index in [1.54, 1.807) is 6.08 Å². The summed E-state index contributed by atoms with van der Waals surface area (Å²) in [6.45, 7) is 7.18. The first-order valence-electron chi connectivity index (χ1n) is 8.18. The summed E-state index contributed by atoms with van der Waals surface area (Å²) in [6.07, 6.45) is 2.33. The lowest BCUT2D eigenvalue weighted by atomic mass is 10.2. The molecule has 0 spiro atoms. The van der Waals surface area contributed by atoms with Gasteiger partial charge in [-0.1, -0.05) is 24.3 Å². The summed E-state index contributed by atoms with van der Waals surface area (Å²) in [6, 6.07) is 10.3. The Morgan fingerprint density at radius 2 is 1.83 bits per heavy atom. The third-order valence-electron chi connectivity index (χ3n) is 4.58. The van der Waals surface area contributed by atoms with Gasteiger partial charge < -0.3 is 15.1 Å². The lowest BCUT2D eigenvalue weighted by Gasteiger charge is -2.36. The van der Waals surface area contributed by atoms with E-state index in [4.69, 9.17) is 0 Å². The van der Waals surface area contributed by atoms with Crippen molar-refractivity contribution in [3.8, 4) is 0 Å². The molecule has 2 unspecified atom stereocenters. The zero-order valence-electron chi connectivity index (χ0n) is 13.3. The second kappa shape index (κ2) is 6.86. The highest BCUT2D eigenvalue weighted by molar-refractivity contribution is 5.92. The molecule has 1 aliphatic carbocycles. The van der Waals surface area contributed by atoms with E-state index in [9.17, 15) is 9.59 Å². The molecule has 5 heteroatoms. The molecule has 0 aromatic heterocycles. The van der Waals surface area contributed by atoms with E-state index in [1.807, 2.05) is 23.1 Å². The number of carbonyl (C=O) groups excluding carboxylic acids is 2. The van der Waals surface area contributed by atoms with Gasteiger partial charge in [-0.25, -0.2) is 0 Å². The number of carbonyl (C=O) groups is 2. The van der Waals surface area contributed by atoms with Gasteiger partial charge in [0.25, 0.3) is 0 Å². The second-order valence-corrected chi connectivity index (χ2v) is 6.13. The first kappa shape index (κ1) is 15.6. The highest BCUT2D eigenvalue weighted by atomic mass is 16.2. The Hall–Kier alpha value is -2.30. The van der Waals surface area contributed by atoms with Crippen LogP contribution in [0.25, 0.3) is 0 Å². The predicted octanol–water partition coefficient (Wildman–Crippen LogP) is 1.27. The third kappa shape index (κ3) is 3.55. The monoisotopic (exact) mass is 313 g/mol. The van der Waals surface area contributed by atoms with Gasteiger partial charge in [0.05, 0.1) is 11.8 Å². The normalized spacial score (nSPS) is 23.3. The summed E-state index contributed by atoms with van der Waals surface area (Å²) in [5.74, 6) is -0.152. The van der Waals surface area contributed by atoms with Crippen LogP contribution in [0.5, 0.6) is 0 Å². The topological polar surface area (TPSA) is 52.7 Å². The molecule has 0 bridgehead atoms. The molecule has 2 fully saturated rings. The summed E-state index contributed by atoms with van der Waals surface area (Å²) in [4.78, 5) is 28.6. The van der Waals surface area contributed by atoms with Crippen LogP contribution in [0.3, 0.4) is 0 Å². The smallest absolute Gasteiger partial charge is 0.226 e. The standard InChI is InChI=1S/C18H23N3O2/c1-2-8-19-17(22)15-13-16(15)18(23)21-11-9-20(10-12-21)14-6-4-3-5-7-14/h2-7,15-16H,1,8-13H2,(H,19,22). The molecule has 2 amide bonds. The molecular weight excluding hydrogens is 290 g/mol. The number of para-hydroxylation sites is 1. The number of hydrogen-bond acceptors (Lipinski definition) is 3.